The number of halogens is 2. The molecule has 0 atom stereocenters. The van der Waals surface area contributed by atoms with Crippen molar-refractivity contribution in [2.24, 2.45) is 0 Å². The number of hydrogen-bond donors (Lipinski definition) is 0. The summed E-state index contributed by atoms with van der Waals surface area (Å²) in [6, 6.07) is 15.0. The van der Waals surface area contributed by atoms with Crippen molar-refractivity contribution in [3.8, 4) is 11.4 Å². The summed E-state index contributed by atoms with van der Waals surface area (Å²) < 4.78 is 3.04. The van der Waals surface area contributed by atoms with Crippen LogP contribution in [0.1, 0.15) is 5.56 Å². The number of aromatic nitrogens is 3. The monoisotopic (exact) mass is 417 g/mol. The molecule has 7 heteroatoms. The van der Waals surface area contributed by atoms with Gasteiger partial charge in [-0.15, -0.1) is 10.2 Å². The third kappa shape index (κ3) is 2.56. The largest absolute Gasteiger partial charge is 0.276 e. The molecule has 4 aromatic rings. The Kier molecular flexibility index (Phi) is 3.96. The Hall–Kier alpha value is -2.02. The maximum atomic E-state index is 12.8. The third-order valence-corrected chi connectivity index (χ3v) is 5.57. The standard InChI is InChI=1S/C17H9BrClN3OS/c18-12-7-3-1-5-10(12)9-14-16(23)22-15(20-21-17(22)24-14)11-6-2-4-8-13(11)19/h1-9H. The van der Waals surface area contributed by atoms with Gasteiger partial charge in [-0.2, -0.15) is 0 Å². The summed E-state index contributed by atoms with van der Waals surface area (Å²) in [4.78, 5) is 13.4. The van der Waals surface area contributed by atoms with Gasteiger partial charge in [0.2, 0.25) is 4.96 Å². The van der Waals surface area contributed by atoms with Crippen molar-refractivity contribution in [3.63, 3.8) is 0 Å². The van der Waals surface area contributed by atoms with E-state index in [2.05, 4.69) is 26.1 Å². The molecule has 4 rings (SSSR count). The van der Waals surface area contributed by atoms with Gasteiger partial charge in [0.05, 0.1) is 9.55 Å². The van der Waals surface area contributed by atoms with Gasteiger partial charge >= 0.3 is 0 Å². The summed E-state index contributed by atoms with van der Waals surface area (Å²) in [6.07, 6.45) is 1.85. The number of benzene rings is 2. The molecular formula is C17H9BrClN3OS. The smallest absolute Gasteiger partial charge is 0.267 e. The van der Waals surface area contributed by atoms with Gasteiger partial charge in [-0.05, 0) is 29.8 Å². The number of hydrogen-bond acceptors (Lipinski definition) is 4. The zero-order valence-corrected chi connectivity index (χ0v) is 15.3. The molecule has 0 fully saturated rings. The van der Waals surface area contributed by atoms with Crippen LogP contribution in [0.3, 0.4) is 0 Å². The zero-order chi connectivity index (χ0) is 16.7. The highest BCUT2D eigenvalue weighted by Crippen LogP contribution is 2.26. The minimum absolute atomic E-state index is 0.148. The van der Waals surface area contributed by atoms with E-state index < -0.39 is 0 Å². The van der Waals surface area contributed by atoms with E-state index in [9.17, 15) is 4.79 Å². The molecule has 4 nitrogen and oxygen atoms in total. The lowest BCUT2D eigenvalue weighted by Gasteiger charge is -1.99. The van der Waals surface area contributed by atoms with E-state index in [4.69, 9.17) is 11.6 Å². The molecule has 0 unspecified atom stereocenters. The van der Waals surface area contributed by atoms with Crippen LogP contribution in [0.25, 0.3) is 22.4 Å². The van der Waals surface area contributed by atoms with Gasteiger partial charge in [-0.1, -0.05) is 69.2 Å². The summed E-state index contributed by atoms with van der Waals surface area (Å²) in [6.45, 7) is 0. The molecule has 0 amide bonds. The van der Waals surface area contributed by atoms with Crippen LogP contribution >= 0.6 is 38.9 Å². The van der Waals surface area contributed by atoms with Crippen LogP contribution in [0.2, 0.25) is 5.02 Å². The summed E-state index contributed by atoms with van der Waals surface area (Å²) >= 11 is 11.0. The quantitative estimate of drug-likeness (QED) is 0.498. The molecule has 0 spiro atoms. The molecule has 0 aliphatic heterocycles. The second-order valence-corrected chi connectivity index (χ2v) is 7.33. The van der Waals surface area contributed by atoms with Crippen LogP contribution in [0, 0.1) is 0 Å². The molecule has 0 saturated carbocycles. The summed E-state index contributed by atoms with van der Waals surface area (Å²) in [5.74, 6) is 0.462. The van der Waals surface area contributed by atoms with E-state index >= 15 is 0 Å². The lowest BCUT2D eigenvalue weighted by atomic mass is 10.2. The van der Waals surface area contributed by atoms with E-state index in [1.165, 1.54) is 15.7 Å². The van der Waals surface area contributed by atoms with E-state index in [0.29, 0.717) is 25.9 Å². The fourth-order valence-corrected chi connectivity index (χ4v) is 3.94. The topological polar surface area (TPSA) is 47.3 Å². The first-order valence-corrected chi connectivity index (χ1v) is 9.03. The zero-order valence-electron chi connectivity index (χ0n) is 12.1. The van der Waals surface area contributed by atoms with Gasteiger partial charge in [-0.3, -0.25) is 4.79 Å². The number of thiazole rings is 1. The Balaban J connectivity index is 1.97. The van der Waals surface area contributed by atoms with Crippen molar-refractivity contribution < 1.29 is 0 Å². The molecule has 0 aliphatic rings. The highest BCUT2D eigenvalue weighted by molar-refractivity contribution is 9.10. The number of rotatable bonds is 2. The van der Waals surface area contributed by atoms with Crippen molar-refractivity contribution in [2.45, 2.75) is 0 Å². The average molecular weight is 419 g/mol. The fraction of sp³-hybridized carbons (Fsp3) is 0. The van der Waals surface area contributed by atoms with Gasteiger partial charge in [0, 0.05) is 10.0 Å². The van der Waals surface area contributed by atoms with Gasteiger partial charge in [0.25, 0.3) is 5.56 Å². The summed E-state index contributed by atoms with van der Waals surface area (Å²) in [5.41, 5.74) is 1.48. The highest BCUT2D eigenvalue weighted by Gasteiger charge is 2.16. The lowest BCUT2D eigenvalue weighted by Crippen LogP contribution is -2.23. The Bertz CT molecular complexity index is 1170. The second-order valence-electron chi connectivity index (χ2n) is 5.06. The van der Waals surface area contributed by atoms with Crippen LogP contribution in [0.15, 0.2) is 57.8 Å². The fourth-order valence-electron chi connectivity index (χ4n) is 2.41. The molecule has 2 aromatic carbocycles. The Morgan fingerprint density at radius 3 is 2.62 bits per heavy atom. The molecule has 118 valence electrons. The highest BCUT2D eigenvalue weighted by atomic mass is 79.9. The Labute approximate surface area is 154 Å². The molecule has 2 aromatic heterocycles. The summed E-state index contributed by atoms with van der Waals surface area (Å²) in [5, 5.41) is 8.79. The number of nitrogens with zero attached hydrogens (tertiary/aromatic N) is 3. The molecule has 0 aliphatic carbocycles. The molecule has 0 saturated heterocycles. The van der Waals surface area contributed by atoms with Crippen LogP contribution in [-0.4, -0.2) is 14.6 Å². The predicted molar refractivity (Wildman–Crippen MR) is 101 cm³/mol. The lowest BCUT2D eigenvalue weighted by molar-refractivity contribution is 1.09. The molecule has 0 N–H and O–H groups in total. The van der Waals surface area contributed by atoms with Crippen LogP contribution in [0.4, 0.5) is 0 Å². The molecule has 0 radical (unpaired) electrons. The predicted octanol–water partition coefficient (Wildman–Crippen LogP) is 3.78. The minimum Gasteiger partial charge on any atom is -0.267 e. The second kappa shape index (κ2) is 6.12. The first-order chi connectivity index (χ1) is 11.6. The summed E-state index contributed by atoms with van der Waals surface area (Å²) in [7, 11) is 0. The number of fused-ring (bicyclic) bond motifs is 1. The molecule has 24 heavy (non-hydrogen) atoms. The van der Waals surface area contributed by atoms with Crippen LogP contribution < -0.4 is 10.1 Å². The maximum absolute atomic E-state index is 12.8. The first-order valence-electron chi connectivity index (χ1n) is 7.04. The Morgan fingerprint density at radius 2 is 1.83 bits per heavy atom. The van der Waals surface area contributed by atoms with Crippen molar-refractivity contribution in [1.82, 2.24) is 14.6 Å². The van der Waals surface area contributed by atoms with Crippen molar-refractivity contribution in [1.29, 1.82) is 0 Å². The van der Waals surface area contributed by atoms with Crippen molar-refractivity contribution in [2.75, 3.05) is 0 Å². The maximum Gasteiger partial charge on any atom is 0.276 e. The van der Waals surface area contributed by atoms with Crippen molar-refractivity contribution >= 4 is 49.9 Å². The molecule has 0 bridgehead atoms. The Morgan fingerprint density at radius 1 is 1.08 bits per heavy atom. The van der Waals surface area contributed by atoms with Crippen molar-refractivity contribution in [3.05, 3.63) is 78.5 Å². The third-order valence-electron chi connectivity index (χ3n) is 3.56. The molecular weight excluding hydrogens is 410 g/mol. The molecule has 2 heterocycles. The van der Waals surface area contributed by atoms with Gasteiger partial charge in [-0.25, -0.2) is 4.40 Å². The minimum atomic E-state index is -0.148. The van der Waals surface area contributed by atoms with Crippen LogP contribution in [0.5, 0.6) is 0 Å². The van der Waals surface area contributed by atoms with Gasteiger partial charge < -0.3 is 0 Å². The van der Waals surface area contributed by atoms with Crippen LogP contribution in [-0.2, 0) is 0 Å². The van der Waals surface area contributed by atoms with E-state index in [-0.39, 0.29) is 5.56 Å². The first kappa shape index (κ1) is 15.5. The van der Waals surface area contributed by atoms with E-state index in [1.807, 2.05) is 48.5 Å². The normalized spacial score (nSPS) is 12.2. The SMILES string of the molecule is O=c1c(=Cc2ccccc2Br)sc2nnc(-c3ccccc3Cl)n12. The van der Waals surface area contributed by atoms with E-state index in [1.54, 1.807) is 6.07 Å². The van der Waals surface area contributed by atoms with E-state index in [0.717, 1.165) is 10.0 Å². The average Bonchev–Trinajstić information content (AvgIpc) is 3.11. The van der Waals surface area contributed by atoms with Gasteiger partial charge in [0.15, 0.2) is 5.82 Å². The van der Waals surface area contributed by atoms with Gasteiger partial charge in [0.1, 0.15) is 0 Å².